The normalized spacial score (nSPS) is 10.2. The van der Waals surface area contributed by atoms with Crippen LogP contribution in [0.25, 0.3) is 0 Å². The Morgan fingerprint density at radius 3 is 2.39 bits per heavy atom. The molecule has 0 radical (unpaired) electrons. The summed E-state index contributed by atoms with van der Waals surface area (Å²) in [6, 6.07) is 0. The summed E-state index contributed by atoms with van der Waals surface area (Å²) in [6.45, 7) is 6.41. The molecule has 0 aliphatic carbocycles. The molecule has 0 fully saturated rings. The molecule has 1 rings (SSSR count). The number of carbonyl (C=O) groups excluding carboxylic acids is 1. The maximum absolute atomic E-state index is 11.8. The minimum atomic E-state index is -0.297. The van der Waals surface area contributed by atoms with Crippen LogP contribution in [0.5, 0.6) is 0 Å². The Bertz CT molecular complexity index is 367. The number of nitrogens with one attached hydrogen (secondary N) is 1. The van der Waals surface area contributed by atoms with Gasteiger partial charge in [0.25, 0.3) is 5.91 Å². The lowest BCUT2D eigenvalue weighted by atomic mass is 9.94. The first kappa shape index (κ1) is 20.0. The zero-order valence-electron chi connectivity index (χ0n) is 10.9. The van der Waals surface area contributed by atoms with Gasteiger partial charge in [0.1, 0.15) is 4.88 Å². The molecule has 106 valence electrons. The van der Waals surface area contributed by atoms with Gasteiger partial charge in [-0.15, -0.1) is 36.2 Å². The summed E-state index contributed by atoms with van der Waals surface area (Å²) >= 11 is 1.36. The quantitative estimate of drug-likeness (QED) is 0.877. The first-order chi connectivity index (χ1) is 7.52. The zero-order chi connectivity index (χ0) is 12.2. The van der Waals surface area contributed by atoms with Gasteiger partial charge in [0, 0.05) is 12.1 Å². The molecule has 0 unspecified atom stereocenters. The van der Waals surface area contributed by atoms with E-state index in [0.29, 0.717) is 11.4 Å². The van der Waals surface area contributed by atoms with Crippen LogP contribution in [-0.4, -0.2) is 23.0 Å². The molecule has 1 aromatic heterocycles. The number of thiazole rings is 1. The van der Waals surface area contributed by atoms with Crippen LogP contribution in [0.4, 0.5) is 0 Å². The Hall–Kier alpha value is -0.360. The first-order valence-corrected chi connectivity index (χ1v) is 6.37. The van der Waals surface area contributed by atoms with E-state index in [2.05, 4.69) is 10.3 Å². The molecular weight excluding hydrogens is 293 g/mol. The van der Waals surface area contributed by atoms with E-state index in [1.54, 1.807) is 5.51 Å². The third kappa shape index (κ3) is 5.10. The van der Waals surface area contributed by atoms with Crippen LogP contribution in [-0.2, 0) is 0 Å². The SMILES string of the molecule is CCC(N)(CC)CNC(=O)c1scnc1C.Cl.Cl. The van der Waals surface area contributed by atoms with E-state index in [4.69, 9.17) is 5.73 Å². The predicted octanol–water partition coefficient (Wildman–Crippen LogP) is 2.54. The van der Waals surface area contributed by atoms with Crippen LogP contribution in [0.1, 0.15) is 42.1 Å². The molecule has 0 bridgehead atoms. The summed E-state index contributed by atoms with van der Waals surface area (Å²) in [6.07, 6.45) is 1.71. The Labute approximate surface area is 125 Å². The van der Waals surface area contributed by atoms with E-state index in [1.165, 1.54) is 11.3 Å². The van der Waals surface area contributed by atoms with Crippen molar-refractivity contribution in [2.45, 2.75) is 39.2 Å². The molecule has 0 atom stereocenters. The molecule has 4 nitrogen and oxygen atoms in total. The summed E-state index contributed by atoms with van der Waals surface area (Å²) in [5.74, 6) is -0.0725. The van der Waals surface area contributed by atoms with Crippen LogP contribution >= 0.6 is 36.2 Å². The minimum absolute atomic E-state index is 0. The highest BCUT2D eigenvalue weighted by atomic mass is 35.5. The van der Waals surface area contributed by atoms with Crippen molar-refractivity contribution in [3.8, 4) is 0 Å². The number of carbonyl (C=O) groups is 1. The van der Waals surface area contributed by atoms with E-state index in [0.717, 1.165) is 18.5 Å². The number of halogens is 2. The van der Waals surface area contributed by atoms with Crippen molar-refractivity contribution >= 4 is 42.1 Å². The monoisotopic (exact) mass is 313 g/mol. The highest BCUT2D eigenvalue weighted by molar-refractivity contribution is 7.11. The van der Waals surface area contributed by atoms with Gasteiger partial charge in [0.2, 0.25) is 0 Å². The van der Waals surface area contributed by atoms with Crippen molar-refractivity contribution in [1.29, 1.82) is 0 Å². The van der Waals surface area contributed by atoms with E-state index in [-0.39, 0.29) is 36.3 Å². The molecule has 18 heavy (non-hydrogen) atoms. The van der Waals surface area contributed by atoms with Gasteiger partial charge in [-0.1, -0.05) is 13.8 Å². The van der Waals surface area contributed by atoms with Crippen molar-refractivity contribution in [3.05, 3.63) is 16.1 Å². The van der Waals surface area contributed by atoms with Gasteiger partial charge in [-0.2, -0.15) is 0 Å². The lowest BCUT2D eigenvalue weighted by molar-refractivity contribution is 0.0945. The summed E-state index contributed by atoms with van der Waals surface area (Å²) in [4.78, 5) is 16.5. The lowest BCUT2D eigenvalue weighted by Gasteiger charge is -2.26. The Kier molecular flexibility index (Phi) is 9.64. The van der Waals surface area contributed by atoms with Gasteiger partial charge in [0.05, 0.1) is 11.2 Å². The molecular formula is C11H21Cl2N3OS. The number of amides is 1. The Morgan fingerprint density at radius 2 is 2.00 bits per heavy atom. The van der Waals surface area contributed by atoms with Crippen molar-refractivity contribution in [1.82, 2.24) is 10.3 Å². The van der Waals surface area contributed by atoms with Crippen LogP contribution < -0.4 is 11.1 Å². The van der Waals surface area contributed by atoms with Crippen LogP contribution in [0.3, 0.4) is 0 Å². The second-order valence-electron chi connectivity index (χ2n) is 4.02. The fraction of sp³-hybridized carbons (Fsp3) is 0.636. The second-order valence-corrected chi connectivity index (χ2v) is 4.87. The van der Waals surface area contributed by atoms with Gasteiger partial charge in [-0.05, 0) is 19.8 Å². The fourth-order valence-electron chi connectivity index (χ4n) is 1.36. The zero-order valence-corrected chi connectivity index (χ0v) is 13.3. The number of nitrogens with two attached hydrogens (primary N) is 1. The molecule has 3 N–H and O–H groups in total. The average Bonchev–Trinajstić information content (AvgIpc) is 2.72. The van der Waals surface area contributed by atoms with E-state index in [9.17, 15) is 4.79 Å². The summed E-state index contributed by atoms with van der Waals surface area (Å²) in [5, 5.41) is 2.87. The highest BCUT2D eigenvalue weighted by Crippen LogP contribution is 2.13. The molecule has 0 saturated carbocycles. The van der Waals surface area contributed by atoms with Gasteiger partial charge in [-0.3, -0.25) is 4.79 Å². The number of hydrogen-bond donors (Lipinski definition) is 2. The number of hydrogen-bond acceptors (Lipinski definition) is 4. The minimum Gasteiger partial charge on any atom is -0.349 e. The van der Waals surface area contributed by atoms with E-state index in [1.807, 2.05) is 20.8 Å². The topological polar surface area (TPSA) is 68.0 Å². The van der Waals surface area contributed by atoms with Crippen LogP contribution in [0.15, 0.2) is 5.51 Å². The van der Waals surface area contributed by atoms with Crippen molar-refractivity contribution in [2.75, 3.05) is 6.54 Å². The molecule has 0 aliphatic heterocycles. The van der Waals surface area contributed by atoms with Gasteiger partial charge in [0.15, 0.2) is 0 Å². The largest absolute Gasteiger partial charge is 0.349 e. The third-order valence-electron chi connectivity index (χ3n) is 2.96. The number of aryl methyl sites for hydroxylation is 1. The van der Waals surface area contributed by atoms with E-state index < -0.39 is 0 Å². The Balaban J connectivity index is 0. The maximum Gasteiger partial charge on any atom is 0.263 e. The standard InChI is InChI=1S/C11H19N3OS.2ClH/c1-4-11(12,5-2)6-13-10(15)9-8(3)14-7-16-9;;/h7H,4-6,12H2,1-3H3,(H,13,15);2*1H. The van der Waals surface area contributed by atoms with Crippen LogP contribution in [0, 0.1) is 6.92 Å². The van der Waals surface area contributed by atoms with Gasteiger partial charge < -0.3 is 11.1 Å². The summed E-state index contributed by atoms with van der Waals surface area (Å²) in [5.41, 5.74) is 8.27. The van der Waals surface area contributed by atoms with Gasteiger partial charge >= 0.3 is 0 Å². The Morgan fingerprint density at radius 1 is 1.44 bits per heavy atom. The van der Waals surface area contributed by atoms with E-state index >= 15 is 0 Å². The molecule has 0 aromatic carbocycles. The second kappa shape index (κ2) is 8.69. The average molecular weight is 314 g/mol. The molecule has 1 aromatic rings. The van der Waals surface area contributed by atoms with Crippen molar-refractivity contribution in [3.63, 3.8) is 0 Å². The highest BCUT2D eigenvalue weighted by Gasteiger charge is 2.22. The molecule has 1 heterocycles. The predicted molar refractivity (Wildman–Crippen MR) is 81.2 cm³/mol. The van der Waals surface area contributed by atoms with Crippen LogP contribution in [0.2, 0.25) is 0 Å². The summed E-state index contributed by atoms with van der Waals surface area (Å²) in [7, 11) is 0. The molecule has 0 spiro atoms. The van der Waals surface area contributed by atoms with Crippen molar-refractivity contribution < 1.29 is 4.79 Å². The van der Waals surface area contributed by atoms with Gasteiger partial charge in [-0.25, -0.2) is 4.98 Å². The third-order valence-corrected chi connectivity index (χ3v) is 3.89. The van der Waals surface area contributed by atoms with Crippen molar-refractivity contribution in [2.24, 2.45) is 5.73 Å². The number of nitrogens with zero attached hydrogens (tertiary/aromatic N) is 1. The molecule has 0 saturated heterocycles. The summed E-state index contributed by atoms with van der Waals surface area (Å²) < 4.78 is 0. The lowest BCUT2D eigenvalue weighted by Crippen LogP contribution is -2.49. The first-order valence-electron chi connectivity index (χ1n) is 5.49. The molecule has 7 heteroatoms. The number of aromatic nitrogens is 1. The smallest absolute Gasteiger partial charge is 0.263 e. The fourth-order valence-corrected chi connectivity index (χ4v) is 2.08. The molecule has 0 aliphatic rings. The maximum atomic E-state index is 11.8. The molecule has 1 amide bonds. The number of rotatable bonds is 5.